The van der Waals surface area contributed by atoms with Crippen molar-refractivity contribution in [3.63, 3.8) is 0 Å². The summed E-state index contributed by atoms with van der Waals surface area (Å²) in [4.78, 5) is 14.1. The normalized spacial score (nSPS) is 20.2. The van der Waals surface area contributed by atoms with Crippen LogP contribution in [0.4, 0.5) is 0 Å². The number of ether oxygens (including phenoxy) is 3. The lowest BCUT2D eigenvalue weighted by atomic mass is 10.0. The highest BCUT2D eigenvalue weighted by atomic mass is 16.5. The summed E-state index contributed by atoms with van der Waals surface area (Å²) in [6.45, 7) is 3.97. The van der Waals surface area contributed by atoms with Crippen LogP contribution in [0.15, 0.2) is 12.1 Å². The molecule has 1 aromatic rings. The third-order valence-electron chi connectivity index (χ3n) is 4.16. The second-order valence-electron chi connectivity index (χ2n) is 5.89. The maximum absolute atomic E-state index is 12.3. The number of nitrogens with zero attached hydrogens (tertiary/aromatic N) is 1. The topological polar surface area (TPSA) is 60.0 Å². The maximum atomic E-state index is 12.3. The van der Waals surface area contributed by atoms with Crippen LogP contribution in [-0.2, 0) is 11.2 Å². The Balaban J connectivity index is 2.29. The van der Waals surface area contributed by atoms with Crippen molar-refractivity contribution in [3.05, 3.63) is 17.7 Å². The largest absolute Gasteiger partial charge is 0.493 e. The van der Waals surface area contributed by atoms with Crippen LogP contribution in [0.3, 0.4) is 0 Å². The minimum absolute atomic E-state index is 0.0822. The van der Waals surface area contributed by atoms with Crippen molar-refractivity contribution >= 4 is 5.91 Å². The van der Waals surface area contributed by atoms with Gasteiger partial charge in [0.2, 0.25) is 11.7 Å². The molecule has 1 saturated heterocycles. The third-order valence-corrected chi connectivity index (χ3v) is 4.16. The molecule has 1 atom stereocenters. The first-order valence-corrected chi connectivity index (χ1v) is 7.18. The summed E-state index contributed by atoms with van der Waals surface area (Å²) in [5.74, 6) is 1.82. The Morgan fingerprint density at radius 3 is 2.05 bits per heavy atom. The van der Waals surface area contributed by atoms with E-state index in [1.165, 1.54) is 0 Å². The first kappa shape index (κ1) is 16.4. The Hall–Kier alpha value is -1.95. The number of nitrogens with one attached hydrogen (secondary N) is 1. The number of methoxy groups -OCH3 is 3. The van der Waals surface area contributed by atoms with Gasteiger partial charge in [-0.3, -0.25) is 10.1 Å². The van der Waals surface area contributed by atoms with Crippen molar-refractivity contribution in [3.8, 4) is 17.2 Å². The summed E-state index contributed by atoms with van der Waals surface area (Å²) in [6.07, 6.45) is 0.559. The molecule has 0 aromatic heterocycles. The Labute approximate surface area is 131 Å². The molecule has 2 rings (SSSR count). The van der Waals surface area contributed by atoms with Crippen LogP contribution >= 0.6 is 0 Å². The smallest absolute Gasteiger partial charge is 0.241 e. The second kappa shape index (κ2) is 6.04. The molecular weight excluding hydrogens is 284 g/mol. The zero-order valence-electron chi connectivity index (χ0n) is 14.0. The predicted molar refractivity (Wildman–Crippen MR) is 83.6 cm³/mol. The van der Waals surface area contributed by atoms with Crippen LogP contribution in [0.5, 0.6) is 17.2 Å². The Bertz CT molecular complexity index is 546. The molecule has 0 radical (unpaired) electrons. The molecule has 6 nitrogen and oxygen atoms in total. The number of likely N-dealkylation sites (N-methyl/N-ethyl adjacent to an activating group) is 1. The van der Waals surface area contributed by atoms with Gasteiger partial charge in [0.05, 0.1) is 33.0 Å². The molecule has 1 N–H and O–H groups in total. The summed E-state index contributed by atoms with van der Waals surface area (Å²) >= 11 is 0. The number of hydrogen-bond donors (Lipinski definition) is 1. The summed E-state index contributed by atoms with van der Waals surface area (Å²) < 4.78 is 16.0. The van der Waals surface area contributed by atoms with Gasteiger partial charge in [-0.2, -0.15) is 0 Å². The first-order valence-electron chi connectivity index (χ1n) is 7.18. The Morgan fingerprint density at radius 1 is 1.14 bits per heavy atom. The number of benzene rings is 1. The van der Waals surface area contributed by atoms with Crippen LogP contribution in [0.25, 0.3) is 0 Å². The molecule has 6 heteroatoms. The van der Waals surface area contributed by atoms with Gasteiger partial charge in [0.1, 0.15) is 0 Å². The van der Waals surface area contributed by atoms with E-state index in [-0.39, 0.29) is 17.6 Å². The zero-order chi connectivity index (χ0) is 16.5. The minimum Gasteiger partial charge on any atom is -0.493 e. The zero-order valence-corrected chi connectivity index (χ0v) is 14.0. The van der Waals surface area contributed by atoms with E-state index in [1.807, 2.05) is 33.0 Å². The van der Waals surface area contributed by atoms with Crippen LogP contribution in [0.2, 0.25) is 0 Å². The summed E-state index contributed by atoms with van der Waals surface area (Å²) in [6, 6.07) is 3.49. The monoisotopic (exact) mass is 308 g/mol. The van der Waals surface area contributed by atoms with E-state index in [2.05, 4.69) is 5.32 Å². The molecule has 1 heterocycles. The molecule has 122 valence electrons. The lowest BCUT2D eigenvalue weighted by Crippen LogP contribution is -2.45. The van der Waals surface area contributed by atoms with Crippen molar-refractivity contribution < 1.29 is 19.0 Å². The highest BCUT2D eigenvalue weighted by Gasteiger charge is 2.41. The van der Waals surface area contributed by atoms with Gasteiger partial charge in [-0.15, -0.1) is 0 Å². The van der Waals surface area contributed by atoms with E-state index in [0.717, 1.165) is 5.56 Å². The van der Waals surface area contributed by atoms with Crippen molar-refractivity contribution in [2.75, 3.05) is 28.4 Å². The summed E-state index contributed by atoms with van der Waals surface area (Å²) in [5.41, 5.74) is 0.606. The fourth-order valence-electron chi connectivity index (χ4n) is 2.72. The number of amides is 1. The molecule has 0 saturated carbocycles. The number of hydrogen-bond acceptors (Lipinski definition) is 5. The molecule has 1 amide bonds. The quantitative estimate of drug-likeness (QED) is 0.891. The molecule has 0 aliphatic carbocycles. The SMILES string of the molecule is COc1cc(C[C@@H]2NC(C)(C)N(C)C2=O)cc(OC)c1OC. The van der Waals surface area contributed by atoms with Crippen LogP contribution in [0.1, 0.15) is 19.4 Å². The van der Waals surface area contributed by atoms with Gasteiger partial charge in [-0.05, 0) is 38.0 Å². The van der Waals surface area contributed by atoms with Crippen LogP contribution in [0, 0.1) is 0 Å². The Kier molecular flexibility index (Phi) is 4.51. The highest BCUT2D eigenvalue weighted by Crippen LogP contribution is 2.38. The van der Waals surface area contributed by atoms with Gasteiger partial charge in [0, 0.05) is 7.05 Å². The molecule has 1 aromatic carbocycles. The molecule has 1 fully saturated rings. The summed E-state index contributed by atoms with van der Waals surface area (Å²) in [7, 11) is 6.54. The van der Waals surface area contributed by atoms with Crippen molar-refractivity contribution in [1.82, 2.24) is 10.2 Å². The fraction of sp³-hybridized carbons (Fsp3) is 0.562. The van der Waals surface area contributed by atoms with Crippen molar-refractivity contribution in [1.29, 1.82) is 0 Å². The first-order chi connectivity index (χ1) is 10.3. The number of carbonyl (C=O) groups excluding carboxylic acids is 1. The van der Waals surface area contributed by atoms with Gasteiger partial charge in [0.15, 0.2) is 11.5 Å². The minimum atomic E-state index is -0.345. The molecular formula is C16H24N2O4. The van der Waals surface area contributed by atoms with Crippen molar-refractivity contribution in [2.24, 2.45) is 0 Å². The second-order valence-corrected chi connectivity index (χ2v) is 5.89. The molecule has 0 spiro atoms. The standard InChI is InChI=1S/C16H24N2O4/c1-16(2)17-11(15(19)18(16)3)7-10-8-12(20-4)14(22-6)13(9-10)21-5/h8-9,11,17H,7H2,1-6H3/t11-/m0/s1. The Morgan fingerprint density at radius 2 is 1.68 bits per heavy atom. The summed E-state index contributed by atoms with van der Waals surface area (Å²) in [5, 5.41) is 3.35. The molecule has 1 aliphatic rings. The average Bonchev–Trinajstić information content (AvgIpc) is 2.69. The third kappa shape index (κ3) is 2.83. The van der Waals surface area contributed by atoms with Crippen molar-refractivity contribution in [2.45, 2.75) is 32.0 Å². The van der Waals surface area contributed by atoms with E-state index in [0.29, 0.717) is 23.7 Å². The van der Waals surface area contributed by atoms with Gasteiger partial charge in [-0.25, -0.2) is 0 Å². The molecule has 22 heavy (non-hydrogen) atoms. The molecule has 0 unspecified atom stereocenters. The van der Waals surface area contributed by atoms with Gasteiger partial charge in [0.25, 0.3) is 0 Å². The lowest BCUT2D eigenvalue weighted by molar-refractivity contribution is -0.129. The van der Waals surface area contributed by atoms with Crippen LogP contribution in [-0.4, -0.2) is 50.9 Å². The van der Waals surface area contributed by atoms with Gasteiger partial charge < -0.3 is 19.1 Å². The number of carbonyl (C=O) groups is 1. The molecule has 1 aliphatic heterocycles. The average molecular weight is 308 g/mol. The fourth-order valence-corrected chi connectivity index (χ4v) is 2.72. The van der Waals surface area contributed by atoms with Crippen LogP contribution < -0.4 is 19.5 Å². The van der Waals surface area contributed by atoms with E-state index in [4.69, 9.17) is 14.2 Å². The van der Waals surface area contributed by atoms with E-state index in [9.17, 15) is 4.79 Å². The highest BCUT2D eigenvalue weighted by molar-refractivity contribution is 5.85. The van der Waals surface area contributed by atoms with E-state index in [1.54, 1.807) is 26.2 Å². The number of rotatable bonds is 5. The lowest BCUT2D eigenvalue weighted by Gasteiger charge is -2.27. The van der Waals surface area contributed by atoms with Gasteiger partial charge >= 0.3 is 0 Å². The van der Waals surface area contributed by atoms with E-state index < -0.39 is 0 Å². The molecule has 0 bridgehead atoms. The maximum Gasteiger partial charge on any atom is 0.241 e. The van der Waals surface area contributed by atoms with E-state index >= 15 is 0 Å². The predicted octanol–water partition coefficient (Wildman–Crippen LogP) is 1.42. The van der Waals surface area contributed by atoms with Gasteiger partial charge in [-0.1, -0.05) is 0 Å².